The van der Waals surface area contributed by atoms with Crippen molar-refractivity contribution in [1.29, 1.82) is 0 Å². The van der Waals surface area contributed by atoms with Gasteiger partial charge in [0.15, 0.2) is 16.6 Å². The molecule has 4 rings (SSSR count). The lowest BCUT2D eigenvalue weighted by Crippen LogP contribution is -2.29. The molecular weight excluding hydrogens is 464 g/mol. The van der Waals surface area contributed by atoms with Crippen LogP contribution < -0.4 is 14.4 Å². The average molecular weight is 485 g/mol. The van der Waals surface area contributed by atoms with E-state index in [2.05, 4.69) is 4.98 Å². The van der Waals surface area contributed by atoms with Crippen molar-refractivity contribution >= 4 is 45.5 Å². The number of carbonyl (C=O) groups excluding carboxylic acids is 2. The van der Waals surface area contributed by atoms with Crippen molar-refractivity contribution in [2.24, 2.45) is 0 Å². The van der Waals surface area contributed by atoms with Crippen LogP contribution in [0.2, 0.25) is 5.02 Å². The minimum Gasteiger partial charge on any atom is -0.507 e. The quantitative estimate of drug-likeness (QED) is 0.309. The standard InChI is InChI=1S/C24H21ClN2O5S/c1-12-13(2)33-24(26-12)27-20(15-7-10-17(31-3)18(11-15)32-4)19(22(29)23(27)30)21(28)14-5-8-16(25)9-6-14/h5-11,20,28H,1-4H3/b21-19+/t20-/m0/s1. The molecule has 2 heterocycles. The molecule has 0 bridgehead atoms. The van der Waals surface area contributed by atoms with Crippen molar-refractivity contribution in [2.45, 2.75) is 19.9 Å². The summed E-state index contributed by atoms with van der Waals surface area (Å²) in [6, 6.07) is 10.6. The zero-order valence-corrected chi connectivity index (χ0v) is 20.0. The number of anilines is 1. The lowest BCUT2D eigenvalue weighted by Gasteiger charge is -2.23. The Morgan fingerprint density at radius 3 is 2.30 bits per heavy atom. The Morgan fingerprint density at radius 2 is 1.73 bits per heavy atom. The van der Waals surface area contributed by atoms with Gasteiger partial charge in [0.25, 0.3) is 5.78 Å². The largest absolute Gasteiger partial charge is 0.507 e. The number of aliphatic hydroxyl groups excluding tert-OH is 1. The van der Waals surface area contributed by atoms with Gasteiger partial charge in [-0.3, -0.25) is 14.5 Å². The second-order valence-electron chi connectivity index (χ2n) is 7.43. The first-order valence-electron chi connectivity index (χ1n) is 9.99. The van der Waals surface area contributed by atoms with Gasteiger partial charge >= 0.3 is 5.91 Å². The number of aryl methyl sites for hydroxylation is 2. The van der Waals surface area contributed by atoms with Crippen molar-refractivity contribution in [3.05, 3.63) is 74.8 Å². The molecule has 1 fully saturated rings. The number of hydrogen-bond acceptors (Lipinski definition) is 7. The van der Waals surface area contributed by atoms with Gasteiger partial charge in [-0.2, -0.15) is 0 Å². The monoisotopic (exact) mass is 484 g/mol. The summed E-state index contributed by atoms with van der Waals surface area (Å²) >= 11 is 7.28. The molecular formula is C24H21ClN2O5S. The number of rotatable bonds is 5. The number of aliphatic hydroxyl groups is 1. The molecule has 0 spiro atoms. The number of Topliss-reactive ketones (excluding diaryl/α,β-unsaturated/α-hetero) is 1. The Bertz CT molecular complexity index is 1260. The van der Waals surface area contributed by atoms with Crippen LogP contribution in [0.1, 0.15) is 27.7 Å². The summed E-state index contributed by atoms with van der Waals surface area (Å²) in [4.78, 5) is 33.2. The van der Waals surface area contributed by atoms with Crippen LogP contribution in [0.3, 0.4) is 0 Å². The maximum absolute atomic E-state index is 13.2. The summed E-state index contributed by atoms with van der Waals surface area (Å²) in [6.07, 6.45) is 0. The van der Waals surface area contributed by atoms with E-state index in [0.29, 0.717) is 32.8 Å². The van der Waals surface area contributed by atoms with Gasteiger partial charge in [0, 0.05) is 15.5 Å². The third-order valence-corrected chi connectivity index (χ3v) is 6.83. The van der Waals surface area contributed by atoms with Crippen LogP contribution in [0.25, 0.3) is 5.76 Å². The smallest absolute Gasteiger partial charge is 0.301 e. The molecule has 170 valence electrons. The van der Waals surface area contributed by atoms with E-state index >= 15 is 0 Å². The molecule has 1 atom stereocenters. The molecule has 1 aliphatic rings. The maximum atomic E-state index is 13.2. The van der Waals surface area contributed by atoms with E-state index in [9.17, 15) is 14.7 Å². The number of carbonyl (C=O) groups is 2. The van der Waals surface area contributed by atoms with Gasteiger partial charge in [-0.15, -0.1) is 11.3 Å². The summed E-state index contributed by atoms with van der Waals surface area (Å²) in [6.45, 7) is 3.73. The predicted molar refractivity (Wildman–Crippen MR) is 127 cm³/mol. The van der Waals surface area contributed by atoms with Crippen LogP contribution in [0.4, 0.5) is 5.13 Å². The normalized spacial score (nSPS) is 17.5. The lowest BCUT2D eigenvalue weighted by molar-refractivity contribution is -0.132. The molecule has 33 heavy (non-hydrogen) atoms. The fourth-order valence-electron chi connectivity index (χ4n) is 3.69. The fourth-order valence-corrected chi connectivity index (χ4v) is 4.75. The number of amides is 1. The van der Waals surface area contributed by atoms with Crippen molar-refractivity contribution in [1.82, 2.24) is 4.98 Å². The van der Waals surface area contributed by atoms with Crippen molar-refractivity contribution < 1.29 is 24.2 Å². The van der Waals surface area contributed by atoms with Crippen LogP contribution in [-0.2, 0) is 9.59 Å². The first-order valence-corrected chi connectivity index (χ1v) is 11.2. The third-order valence-electron chi connectivity index (χ3n) is 5.51. The SMILES string of the molecule is COc1ccc([C@H]2/C(=C(\O)c3ccc(Cl)cc3)C(=O)C(=O)N2c2nc(C)c(C)s2)cc1OC. The van der Waals surface area contributed by atoms with Crippen molar-refractivity contribution in [3.63, 3.8) is 0 Å². The van der Waals surface area contributed by atoms with Gasteiger partial charge in [-0.05, 0) is 55.8 Å². The van der Waals surface area contributed by atoms with E-state index in [1.807, 2.05) is 13.8 Å². The molecule has 1 saturated heterocycles. The second-order valence-corrected chi connectivity index (χ2v) is 9.05. The van der Waals surface area contributed by atoms with Gasteiger partial charge in [0.1, 0.15) is 5.76 Å². The summed E-state index contributed by atoms with van der Waals surface area (Å²) < 4.78 is 10.8. The molecule has 0 aliphatic carbocycles. The van der Waals surface area contributed by atoms with Crippen molar-refractivity contribution in [2.75, 3.05) is 19.1 Å². The maximum Gasteiger partial charge on any atom is 0.301 e. The zero-order valence-electron chi connectivity index (χ0n) is 18.4. The van der Waals surface area contributed by atoms with Gasteiger partial charge in [0.05, 0.1) is 31.5 Å². The number of ketones is 1. The molecule has 1 aliphatic heterocycles. The van der Waals surface area contributed by atoms with E-state index in [-0.39, 0.29) is 11.3 Å². The first kappa shape index (κ1) is 22.8. The van der Waals surface area contributed by atoms with E-state index in [4.69, 9.17) is 21.1 Å². The number of methoxy groups -OCH3 is 2. The summed E-state index contributed by atoms with van der Waals surface area (Å²) in [5.74, 6) is -0.931. The molecule has 1 aromatic heterocycles. The van der Waals surface area contributed by atoms with Gasteiger partial charge < -0.3 is 14.6 Å². The Hall–Kier alpha value is -3.36. The van der Waals surface area contributed by atoms with Gasteiger partial charge in [-0.1, -0.05) is 17.7 Å². The highest BCUT2D eigenvalue weighted by molar-refractivity contribution is 7.16. The average Bonchev–Trinajstić information content (AvgIpc) is 3.28. The van der Waals surface area contributed by atoms with E-state index in [1.165, 1.54) is 30.5 Å². The second kappa shape index (κ2) is 8.88. The van der Waals surface area contributed by atoms with Crippen LogP contribution in [0, 0.1) is 13.8 Å². The van der Waals surface area contributed by atoms with E-state index < -0.39 is 17.7 Å². The van der Waals surface area contributed by atoms with Crippen LogP contribution in [0.5, 0.6) is 11.5 Å². The van der Waals surface area contributed by atoms with Crippen molar-refractivity contribution in [3.8, 4) is 11.5 Å². The Morgan fingerprint density at radius 1 is 1.06 bits per heavy atom. The predicted octanol–water partition coefficient (Wildman–Crippen LogP) is 5.06. The number of aromatic nitrogens is 1. The van der Waals surface area contributed by atoms with Gasteiger partial charge in [0.2, 0.25) is 0 Å². The van der Waals surface area contributed by atoms with Gasteiger partial charge in [-0.25, -0.2) is 4.98 Å². The highest BCUT2D eigenvalue weighted by atomic mass is 35.5. The van der Waals surface area contributed by atoms with Crippen LogP contribution in [-0.4, -0.2) is 36.0 Å². The van der Waals surface area contributed by atoms with E-state index in [0.717, 1.165) is 10.6 Å². The first-order chi connectivity index (χ1) is 15.8. The van der Waals surface area contributed by atoms with Crippen LogP contribution >= 0.6 is 22.9 Å². The molecule has 3 aromatic rings. The molecule has 0 saturated carbocycles. The van der Waals surface area contributed by atoms with Crippen LogP contribution in [0.15, 0.2) is 48.0 Å². The molecule has 1 amide bonds. The molecule has 7 nitrogen and oxygen atoms in total. The Kier molecular flexibility index (Phi) is 6.14. The Balaban J connectivity index is 1.97. The minimum absolute atomic E-state index is 0.0416. The van der Waals surface area contributed by atoms with E-state index in [1.54, 1.807) is 42.5 Å². The summed E-state index contributed by atoms with van der Waals surface area (Å²) in [7, 11) is 3.02. The fraction of sp³-hybridized carbons (Fsp3) is 0.208. The molecule has 9 heteroatoms. The number of hydrogen-bond donors (Lipinski definition) is 1. The molecule has 0 radical (unpaired) electrons. The number of nitrogens with zero attached hydrogens (tertiary/aromatic N) is 2. The summed E-state index contributed by atoms with van der Waals surface area (Å²) in [5.41, 5.74) is 1.66. The highest BCUT2D eigenvalue weighted by Crippen LogP contribution is 2.45. The number of ether oxygens (including phenoxy) is 2. The lowest BCUT2D eigenvalue weighted by atomic mass is 9.95. The zero-order chi connectivity index (χ0) is 23.9. The Labute approximate surface area is 199 Å². The number of thiazole rings is 1. The highest BCUT2D eigenvalue weighted by Gasteiger charge is 2.48. The number of benzene rings is 2. The molecule has 1 N–H and O–H groups in total. The molecule has 0 unspecified atom stereocenters. The summed E-state index contributed by atoms with van der Waals surface area (Å²) in [5, 5.41) is 12.0. The third kappa shape index (κ3) is 3.96. The number of halogens is 1. The minimum atomic E-state index is -0.912. The topological polar surface area (TPSA) is 89.0 Å². The molecule has 2 aromatic carbocycles.